The summed E-state index contributed by atoms with van der Waals surface area (Å²) in [6.07, 6.45) is 1.26. The van der Waals surface area contributed by atoms with Crippen molar-refractivity contribution >= 4 is 0 Å². The molecule has 0 aromatic rings. The highest BCUT2D eigenvalue weighted by atomic mass is 19.3. The molecule has 0 aliphatic heterocycles. The van der Waals surface area contributed by atoms with Gasteiger partial charge in [-0.2, -0.15) is 0 Å². The molecular weight excluding hydrogens is 164 g/mol. The van der Waals surface area contributed by atoms with Crippen LogP contribution in [0.1, 0.15) is 6.92 Å². The Balaban J connectivity index is 3.69. The molecule has 0 rings (SSSR count). The summed E-state index contributed by atoms with van der Waals surface area (Å²) in [5.41, 5.74) is 0. The lowest BCUT2D eigenvalue weighted by Gasteiger charge is -2.18. The number of rotatable bonds is 6. The minimum Gasteiger partial charge on any atom is -0.395 e. The van der Waals surface area contributed by atoms with Gasteiger partial charge in [-0.15, -0.1) is 0 Å². The van der Waals surface area contributed by atoms with Crippen LogP contribution < -0.4 is 0 Å². The molecule has 0 saturated carbocycles. The van der Waals surface area contributed by atoms with Gasteiger partial charge in [-0.1, -0.05) is 12.2 Å². The summed E-state index contributed by atoms with van der Waals surface area (Å²) >= 11 is 0. The zero-order valence-corrected chi connectivity index (χ0v) is 7.21. The molecule has 12 heavy (non-hydrogen) atoms. The van der Waals surface area contributed by atoms with Crippen molar-refractivity contribution in [2.75, 3.05) is 26.2 Å². The van der Waals surface area contributed by atoms with Gasteiger partial charge in [0.1, 0.15) is 0 Å². The van der Waals surface area contributed by atoms with Gasteiger partial charge in [0.05, 0.1) is 13.2 Å². The van der Waals surface area contributed by atoms with Crippen LogP contribution in [-0.2, 0) is 0 Å². The minimum absolute atomic E-state index is 0.0791. The van der Waals surface area contributed by atoms with E-state index in [0.717, 1.165) is 0 Å². The molecule has 0 saturated heterocycles. The van der Waals surface area contributed by atoms with E-state index in [9.17, 15) is 8.78 Å². The highest BCUT2D eigenvalue weighted by molar-refractivity contribution is 4.81. The average Bonchev–Trinajstić information content (AvgIpc) is 2.00. The van der Waals surface area contributed by atoms with Crippen LogP contribution in [0.5, 0.6) is 0 Å². The summed E-state index contributed by atoms with van der Waals surface area (Å²) in [6.45, 7) is 2.25. The molecule has 4 heteroatoms. The first-order chi connectivity index (χ1) is 5.70. The predicted octanol–water partition coefficient (Wildman–Crippen LogP) is 1.12. The van der Waals surface area contributed by atoms with Crippen LogP contribution in [0.25, 0.3) is 0 Å². The third-order valence-corrected chi connectivity index (χ3v) is 1.41. The fourth-order valence-electron chi connectivity index (χ4n) is 0.848. The lowest BCUT2D eigenvalue weighted by molar-refractivity contribution is 0.0844. The van der Waals surface area contributed by atoms with E-state index in [1.807, 2.05) is 6.92 Å². The van der Waals surface area contributed by atoms with Crippen molar-refractivity contribution in [3.8, 4) is 0 Å². The van der Waals surface area contributed by atoms with Gasteiger partial charge in [0.25, 0.3) is 6.43 Å². The molecule has 0 amide bonds. The Bertz CT molecular complexity index is 128. The fourth-order valence-corrected chi connectivity index (χ4v) is 0.848. The van der Waals surface area contributed by atoms with E-state index in [4.69, 9.17) is 5.11 Å². The van der Waals surface area contributed by atoms with Gasteiger partial charge in [-0.3, -0.25) is 4.90 Å². The van der Waals surface area contributed by atoms with Crippen molar-refractivity contribution in [3.05, 3.63) is 12.2 Å². The Morgan fingerprint density at radius 1 is 1.50 bits per heavy atom. The van der Waals surface area contributed by atoms with Gasteiger partial charge < -0.3 is 5.11 Å². The topological polar surface area (TPSA) is 23.5 Å². The molecule has 0 atom stereocenters. The van der Waals surface area contributed by atoms with Crippen molar-refractivity contribution in [1.82, 2.24) is 4.90 Å². The lowest BCUT2D eigenvalue weighted by atomic mass is 10.4. The summed E-state index contributed by atoms with van der Waals surface area (Å²) in [4.78, 5) is 1.50. The Hall–Kier alpha value is -0.480. The van der Waals surface area contributed by atoms with Crippen molar-refractivity contribution < 1.29 is 13.9 Å². The summed E-state index contributed by atoms with van der Waals surface area (Å²) in [7, 11) is 0. The highest BCUT2D eigenvalue weighted by Gasteiger charge is 2.09. The maximum Gasteiger partial charge on any atom is 0.251 e. The fraction of sp³-hybridized carbons (Fsp3) is 0.750. The SMILES string of the molecule is C/C=C/CN(CCO)CC(F)F. The van der Waals surface area contributed by atoms with Crippen molar-refractivity contribution in [2.45, 2.75) is 13.3 Å². The zero-order valence-electron chi connectivity index (χ0n) is 7.21. The van der Waals surface area contributed by atoms with Gasteiger partial charge in [-0.05, 0) is 6.92 Å². The molecule has 0 unspecified atom stereocenters. The number of alkyl halides is 2. The van der Waals surface area contributed by atoms with E-state index < -0.39 is 6.43 Å². The first kappa shape index (κ1) is 11.5. The smallest absolute Gasteiger partial charge is 0.251 e. The largest absolute Gasteiger partial charge is 0.395 e. The molecule has 0 bridgehead atoms. The predicted molar refractivity (Wildman–Crippen MR) is 44.3 cm³/mol. The summed E-state index contributed by atoms with van der Waals surface area (Å²) in [5, 5.41) is 8.54. The van der Waals surface area contributed by atoms with E-state index in [0.29, 0.717) is 13.1 Å². The Kier molecular flexibility index (Phi) is 6.90. The number of allylic oxidation sites excluding steroid dienone is 1. The van der Waals surface area contributed by atoms with Gasteiger partial charge in [0.15, 0.2) is 0 Å². The van der Waals surface area contributed by atoms with Crippen LogP contribution in [0.2, 0.25) is 0 Å². The highest BCUT2D eigenvalue weighted by Crippen LogP contribution is 1.97. The second-order valence-corrected chi connectivity index (χ2v) is 2.44. The molecule has 0 aliphatic carbocycles. The maximum atomic E-state index is 11.9. The van der Waals surface area contributed by atoms with Crippen LogP contribution in [0.4, 0.5) is 8.78 Å². The first-order valence-electron chi connectivity index (χ1n) is 3.93. The van der Waals surface area contributed by atoms with Gasteiger partial charge in [-0.25, -0.2) is 8.78 Å². The van der Waals surface area contributed by atoms with E-state index >= 15 is 0 Å². The third-order valence-electron chi connectivity index (χ3n) is 1.41. The monoisotopic (exact) mass is 179 g/mol. The van der Waals surface area contributed by atoms with Crippen molar-refractivity contribution in [3.63, 3.8) is 0 Å². The molecule has 0 heterocycles. The number of nitrogens with zero attached hydrogens (tertiary/aromatic N) is 1. The van der Waals surface area contributed by atoms with Crippen molar-refractivity contribution in [2.24, 2.45) is 0 Å². The molecule has 1 N–H and O–H groups in total. The second-order valence-electron chi connectivity index (χ2n) is 2.44. The van der Waals surface area contributed by atoms with Crippen LogP contribution in [0.15, 0.2) is 12.2 Å². The summed E-state index contributed by atoms with van der Waals surface area (Å²) in [6, 6.07) is 0. The van der Waals surface area contributed by atoms with E-state index in [1.54, 1.807) is 12.2 Å². The van der Waals surface area contributed by atoms with E-state index in [1.165, 1.54) is 4.90 Å². The normalized spacial score (nSPS) is 12.2. The summed E-state index contributed by atoms with van der Waals surface area (Å²) in [5.74, 6) is 0. The van der Waals surface area contributed by atoms with E-state index in [-0.39, 0.29) is 13.2 Å². The van der Waals surface area contributed by atoms with Crippen LogP contribution >= 0.6 is 0 Å². The van der Waals surface area contributed by atoms with Crippen LogP contribution in [0, 0.1) is 0 Å². The van der Waals surface area contributed by atoms with Crippen molar-refractivity contribution in [1.29, 1.82) is 0 Å². The maximum absolute atomic E-state index is 11.9. The van der Waals surface area contributed by atoms with Gasteiger partial charge in [0, 0.05) is 13.1 Å². The number of hydrogen-bond acceptors (Lipinski definition) is 2. The third kappa shape index (κ3) is 6.24. The molecule has 0 aromatic heterocycles. The molecule has 0 aromatic carbocycles. The Labute approximate surface area is 71.5 Å². The second kappa shape index (κ2) is 7.18. The molecular formula is C8H15F2NO. The van der Waals surface area contributed by atoms with Gasteiger partial charge >= 0.3 is 0 Å². The molecule has 0 spiro atoms. The first-order valence-corrected chi connectivity index (χ1v) is 3.93. The Morgan fingerprint density at radius 2 is 2.17 bits per heavy atom. The molecule has 2 nitrogen and oxygen atoms in total. The average molecular weight is 179 g/mol. The quantitative estimate of drug-likeness (QED) is 0.618. The standard InChI is InChI=1S/C8H15F2NO/c1-2-3-4-11(5-6-12)7-8(9)10/h2-3,8,12H,4-7H2,1H3/b3-2+. The number of aliphatic hydroxyl groups excluding tert-OH is 1. The Morgan fingerprint density at radius 3 is 2.58 bits per heavy atom. The number of aliphatic hydroxyl groups is 1. The summed E-state index contributed by atoms with van der Waals surface area (Å²) < 4.78 is 23.8. The molecule has 0 fully saturated rings. The number of halogens is 2. The molecule has 0 aliphatic rings. The number of hydrogen-bond donors (Lipinski definition) is 1. The van der Waals surface area contributed by atoms with Crippen LogP contribution in [-0.4, -0.2) is 42.7 Å². The lowest BCUT2D eigenvalue weighted by Crippen LogP contribution is -2.31. The molecule has 0 radical (unpaired) electrons. The van der Waals surface area contributed by atoms with Crippen LogP contribution in [0.3, 0.4) is 0 Å². The minimum atomic E-state index is -2.33. The van der Waals surface area contributed by atoms with E-state index in [2.05, 4.69) is 0 Å². The zero-order chi connectivity index (χ0) is 9.40. The van der Waals surface area contributed by atoms with Gasteiger partial charge in [0.2, 0.25) is 0 Å². The molecule has 72 valence electrons.